The number of sulfone groups is 1. The molecule has 1 aromatic carbocycles. The molecule has 2 amide bonds. The number of nitrogens with zero attached hydrogens (tertiary/aromatic N) is 2. The molecule has 1 aromatic rings. The summed E-state index contributed by atoms with van der Waals surface area (Å²) >= 11 is 0. The molecule has 0 bridgehead atoms. The van der Waals surface area contributed by atoms with Gasteiger partial charge >= 0.3 is 0 Å². The zero-order valence-corrected chi connectivity index (χ0v) is 15.7. The molecule has 0 aliphatic carbocycles. The van der Waals surface area contributed by atoms with Gasteiger partial charge in [0.05, 0.1) is 17.4 Å². The summed E-state index contributed by atoms with van der Waals surface area (Å²) in [6, 6.07) is 5.54. The Balaban J connectivity index is 1.74. The molecule has 2 heterocycles. The van der Waals surface area contributed by atoms with Crippen molar-refractivity contribution in [1.82, 2.24) is 4.90 Å². The number of carbonyl (C=O) groups is 2. The summed E-state index contributed by atoms with van der Waals surface area (Å²) in [5.41, 5.74) is 3.00. The SMILES string of the molecule is Cc1cccc(N2CC(C(=O)N(C)C3CCS(=O)(=O)C3)CC2=O)c1C. The van der Waals surface area contributed by atoms with Gasteiger partial charge in [-0.3, -0.25) is 9.59 Å². The number of hydrogen-bond donors (Lipinski definition) is 0. The third-order valence-electron chi connectivity index (χ3n) is 5.44. The van der Waals surface area contributed by atoms with Crippen LogP contribution in [0.5, 0.6) is 0 Å². The molecule has 2 fully saturated rings. The summed E-state index contributed by atoms with van der Waals surface area (Å²) in [5, 5.41) is 0. The summed E-state index contributed by atoms with van der Waals surface area (Å²) in [6.07, 6.45) is 0.655. The Kier molecular flexibility index (Phi) is 4.62. The molecule has 0 aromatic heterocycles. The molecule has 2 unspecified atom stereocenters. The highest BCUT2D eigenvalue weighted by atomic mass is 32.2. The molecule has 136 valence electrons. The van der Waals surface area contributed by atoms with Crippen molar-refractivity contribution in [2.24, 2.45) is 5.92 Å². The molecular weight excluding hydrogens is 340 g/mol. The van der Waals surface area contributed by atoms with E-state index in [1.807, 2.05) is 32.0 Å². The largest absolute Gasteiger partial charge is 0.341 e. The predicted octanol–water partition coefficient (Wildman–Crippen LogP) is 1.30. The molecule has 6 nitrogen and oxygen atoms in total. The first-order valence-corrected chi connectivity index (χ1v) is 10.4. The molecule has 2 aliphatic heterocycles. The van der Waals surface area contributed by atoms with Crippen LogP contribution in [-0.4, -0.2) is 56.3 Å². The lowest BCUT2D eigenvalue weighted by molar-refractivity contribution is -0.136. The first-order chi connectivity index (χ1) is 11.7. The lowest BCUT2D eigenvalue weighted by Gasteiger charge is -2.26. The van der Waals surface area contributed by atoms with Gasteiger partial charge in [-0.1, -0.05) is 12.1 Å². The van der Waals surface area contributed by atoms with E-state index in [2.05, 4.69) is 0 Å². The van der Waals surface area contributed by atoms with Crippen LogP contribution in [0.15, 0.2) is 18.2 Å². The van der Waals surface area contributed by atoms with Crippen molar-refractivity contribution < 1.29 is 18.0 Å². The van der Waals surface area contributed by atoms with Gasteiger partial charge < -0.3 is 9.80 Å². The van der Waals surface area contributed by atoms with Crippen molar-refractivity contribution in [3.05, 3.63) is 29.3 Å². The minimum absolute atomic E-state index is 0.0244. The van der Waals surface area contributed by atoms with Crippen molar-refractivity contribution in [3.63, 3.8) is 0 Å². The fourth-order valence-corrected chi connectivity index (χ4v) is 5.46. The molecule has 0 radical (unpaired) electrons. The summed E-state index contributed by atoms with van der Waals surface area (Å²) < 4.78 is 23.3. The van der Waals surface area contributed by atoms with E-state index in [4.69, 9.17) is 0 Å². The fraction of sp³-hybridized carbons (Fsp3) is 0.556. The molecular formula is C18H24N2O4S. The number of anilines is 1. The van der Waals surface area contributed by atoms with E-state index in [1.54, 1.807) is 11.9 Å². The van der Waals surface area contributed by atoms with Crippen LogP contribution in [0.4, 0.5) is 5.69 Å². The van der Waals surface area contributed by atoms with Crippen LogP contribution < -0.4 is 4.90 Å². The Morgan fingerprint density at radius 1 is 1.28 bits per heavy atom. The lowest BCUT2D eigenvalue weighted by Crippen LogP contribution is -2.42. The highest BCUT2D eigenvalue weighted by molar-refractivity contribution is 7.91. The van der Waals surface area contributed by atoms with Crippen molar-refractivity contribution in [3.8, 4) is 0 Å². The predicted molar refractivity (Wildman–Crippen MR) is 96.2 cm³/mol. The number of amides is 2. The number of benzene rings is 1. The zero-order valence-electron chi connectivity index (χ0n) is 14.9. The second-order valence-electron chi connectivity index (χ2n) is 7.13. The minimum Gasteiger partial charge on any atom is -0.341 e. The van der Waals surface area contributed by atoms with Gasteiger partial charge in [0.1, 0.15) is 0 Å². The van der Waals surface area contributed by atoms with Crippen LogP contribution in [-0.2, 0) is 19.4 Å². The van der Waals surface area contributed by atoms with Crippen LogP contribution in [0.3, 0.4) is 0 Å². The Morgan fingerprint density at radius 2 is 2.00 bits per heavy atom. The Hall–Kier alpha value is -1.89. The summed E-state index contributed by atoms with van der Waals surface area (Å²) in [6.45, 7) is 4.32. The maximum Gasteiger partial charge on any atom is 0.228 e. The van der Waals surface area contributed by atoms with Gasteiger partial charge in [-0.05, 0) is 37.5 Å². The second-order valence-corrected chi connectivity index (χ2v) is 9.36. The van der Waals surface area contributed by atoms with Crippen LogP contribution in [0.1, 0.15) is 24.0 Å². The quantitative estimate of drug-likeness (QED) is 0.810. The van der Waals surface area contributed by atoms with Crippen molar-refractivity contribution >= 4 is 27.3 Å². The summed E-state index contributed by atoms with van der Waals surface area (Å²) in [7, 11) is -1.39. The van der Waals surface area contributed by atoms with Crippen molar-refractivity contribution in [2.75, 3.05) is 30.0 Å². The van der Waals surface area contributed by atoms with Crippen LogP contribution in [0, 0.1) is 19.8 Å². The summed E-state index contributed by atoms with van der Waals surface area (Å²) in [4.78, 5) is 28.5. The first kappa shape index (κ1) is 17.9. The van der Waals surface area contributed by atoms with Crippen LogP contribution >= 0.6 is 0 Å². The average molecular weight is 364 g/mol. The molecule has 0 N–H and O–H groups in total. The summed E-state index contributed by atoms with van der Waals surface area (Å²) in [5.74, 6) is -0.451. The smallest absolute Gasteiger partial charge is 0.228 e. The Morgan fingerprint density at radius 3 is 2.64 bits per heavy atom. The van der Waals surface area contributed by atoms with Gasteiger partial charge in [-0.25, -0.2) is 8.42 Å². The topological polar surface area (TPSA) is 74.8 Å². The van der Waals surface area contributed by atoms with Gasteiger partial charge in [0.15, 0.2) is 9.84 Å². The third-order valence-corrected chi connectivity index (χ3v) is 7.20. The van der Waals surface area contributed by atoms with E-state index in [1.165, 1.54) is 4.90 Å². The van der Waals surface area contributed by atoms with Crippen LogP contribution in [0.2, 0.25) is 0 Å². The van der Waals surface area contributed by atoms with Gasteiger partial charge in [0, 0.05) is 31.7 Å². The molecule has 25 heavy (non-hydrogen) atoms. The normalized spacial score (nSPS) is 25.4. The van der Waals surface area contributed by atoms with Gasteiger partial charge in [-0.2, -0.15) is 0 Å². The van der Waals surface area contributed by atoms with Gasteiger partial charge in [0.25, 0.3) is 0 Å². The highest BCUT2D eigenvalue weighted by Crippen LogP contribution is 2.30. The molecule has 0 spiro atoms. The van der Waals surface area contributed by atoms with Crippen LogP contribution in [0.25, 0.3) is 0 Å². The Labute approximate surface area is 148 Å². The van der Waals surface area contributed by atoms with Gasteiger partial charge in [0.2, 0.25) is 11.8 Å². The first-order valence-electron chi connectivity index (χ1n) is 8.53. The highest BCUT2D eigenvalue weighted by Gasteiger charge is 2.40. The number of carbonyl (C=O) groups excluding carboxylic acids is 2. The Bertz CT molecular complexity index is 818. The molecule has 7 heteroatoms. The standard InChI is InChI=1S/C18H24N2O4S/c1-12-5-4-6-16(13(12)2)20-10-14(9-17(20)21)18(22)19(3)15-7-8-25(23,24)11-15/h4-6,14-15H,7-11H2,1-3H3. The molecule has 3 rings (SSSR count). The number of rotatable bonds is 3. The average Bonchev–Trinajstić information content (AvgIpc) is 3.11. The molecule has 2 saturated heterocycles. The van der Waals surface area contributed by atoms with E-state index < -0.39 is 15.8 Å². The molecule has 2 atom stereocenters. The maximum absolute atomic E-state index is 12.8. The number of aryl methyl sites for hydroxylation is 1. The van der Waals surface area contributed by atoms with Crippen molar-refractivity contribution in [2.45, 2.75) is 32.7 Å². The molecule has 0 saturated carbocycles. The lowest BCUT2D eigenvalue weighted by atomic mass is 10.1. The monoisotopic (exact) mass is 364 g/mol. The van der Waals surface area contributed by atoms with E-state index in [9.17, 15) is 18.0 Å². The molecule has 2 aliphatic rings. The van der Waals surface area contributed by atoms with E-state index in [-0.39, 0.29) is 35.8 Å². The maximum atomic E-state index is 12.8. The van der Waals surface area contributed by atoms with E-state index >= 15 is 0 Å². The zero-order chi connectivity index (χ0) is 18.4. The van der Waals surface area contributed by atoms with Crippen molar-refractivity contribution in [1.29, 1.82) is 0 Å². The fourth-order valence-electron chi connectivity index (χ4n) is 3.68. The van der Waals surface area contributed by atoms with Gasteiger partial charge in [-0.15, -0.1) is 0 Å². The second kappa shape index (κ2) is 6.44. The van der Waals surface area contributed by atoms with E-state index in [0.29, 0.717) is 13.0 Å². The van der Waals surface area contributed by atoms with E-state index in [0.717, 1.165) is 16.8 Å². The minimum atomic E-state index is -3.04. The number of hydrogen-bond acceptors (Lipinski definition) is 4. The third kappa shape index (κ3) is 3.42.